The van der Waals surface area contributed by atoms with Gasteiger partial charge in [0.1, 0.15) is 17.5 Å². The number of aromatic amines is 1. The van der Waals surface area contributed by atoms with Crippen LogP contribution < -0.4 is 10.5 Å². The molecule has 2 aromatic rings. The number of nitriles is 1. The van der Waals surface area contributed by atoms with E-state index in [-0.39, 0.29) is 22.7 Å². The Morgan fingerprint density at radius 1 is 1.39 bits per heavy atom. The Hall–Kier alpha value is -2.81. The van der Waals surface area contributed by atoms with Crippen LogP contribution in [0.15, 0.2) is 35.7 Å². The van der Waals surface area contributed by atoms with Crippen molar-refractivity contribution in [1.29, 1.82) is 5.26 Å². The second kappa shape index (κ2) is 5.13. The molecule has 0 bridgehead atoms. The average Bonchev–Trinajstić information content (AvgIpc) is 2.89. The number of hydrogen-bond donors (Lipinski definition) is 2. The molecule has 118 valence electrons. The molecule has 6 heteroatoms. The van der Waals surface area contributed by atoms with Gasteiger partial charge in [0, 0.05) is 11.1 Å². The highest BCUT2D eigenvalue weighted by Gasteiger charge is 2.38. The van der Waals surface area contributed by atoms with E-state index in [0.29, 0.717) is 11.4 Å². The molecule has 3 N–H and O–H groups in total. The van der Waals surface area contributed by atoms with E-state index in [0.717, 1.165) is 11.3 Å². The fraction of sp³-hybridized carbons (Fsp3) is 0.294. The van der Waals surface area contributed by atoms with Crippen LogP contribution in [-0.2, 0) is 5.41 Å². The largest absolute Gasteiger partial charge is 0.420 e. The molecule has 3 rings (SSSR count). The summed E-state index contributed by atoms with van der Waals surface area (Å²) >= 11 is 0. The van der Waals surface area contributed by atoms with Gasteiger partial charge in [0.2, 0.25) is 11.8 Å². The molecule has 0 saturated carbocycles. The average molecular weight is 312 g/mol. The Bertz CT molecular complexity index is 839. The Morgan fingerprint density at radius 2 is 2.13 bits per heavy atom. The lowest BCUT2D eigenvalue weighted by Crippen LogP contribution is -2.23. The zero-order valence-electron chi connectivity index (χ0n) is 13.1. The van der Waals surface area contributed by atoms with E-state index in [9.17, 15) is 9.65 Å². The number of halogens is 1. The number of hydrogen-bond acceptors (Lipinski definition) is 4. The normalized spacial score (nSPS) is 17.4. The molecule has 0 saturated heterocycles. The van der Waals surface area contributed by atoms with Gasteiger partial charge in [-0.05, 0) is 17.7 Å². The molecule has 1 atom stereocenters. The molecule has 1 unspecified atom stereocenters. The third-order valence-electron chi connectivity index (χ3n) is 3.87. The molecule has 1 aromatic heterocycles. The zero-order valence-corrected chi connectivity index (χ0v) is 13.1. The van der Waals surface area contributed by atoms with E-state index in [1.165, 1.54) is 12.1 Å². The van der Waals surface area contributed by atoms with Crippen molar-refractivity contribution in [2.24, 2.45) is 5.73 Å². The van der Waals surface area contributed by atoms with E-state index in [1.807, 2.05) is 20.8 Å². The Morgan fingerprint density at radius 3 is 2.74 bits per heavy atom. The van der Waals surface area contributed by atoms with E-state index in [2.05, 4.69) is 16.3 Å². The van der Waals surface area contributed by atoms with Gasteiger partial charge in [-0.15, -0.1) is 5.10 Å². The number of H-pyrrole nitrogens is 1. The highest BCUT2D eigenvalue weighted by Crippen LogP contribution is 2.45. The SMILES string of the molecule is CC(C)(C)c1[nH]nc2c1C(c1cccc(F)c1)C(C#N)=C(N)O2. The Balaban J connectivity index is 2.28. The molecular weight excluding hydrogens is 295 g/mol. The minimum Gasteiger partial charge on any atom is -0.420 e. The van der Waals surface area contributed by atoms with Crippen LogP contribution in [0, 0.1) is 17.1 Å². The standard InChI is InChI=1S/C17H17FN4O/c1-17(2,3)14-13-12(9-5-4-6-10(18)7-9)11(8-19)15(20)23-16(13)22-21-14/h4-7,12H,20H2,1-3H3,(H,21,22). The highest BCUT2D eigenvalue weighted by atomic mass is 19.1. The minimum atomic E-state index is -0.507. The van der Waals surface area contributed by atoms with Crippen LogP contribution in [0.25, 0.3) is 0 Å². The number of ether oxygens (including phenoxy) is 1. The van der Waals surface area contributed by atoms with Gasteiger partial charge in [-0.1, -0.05) is 32.9 Å². The molecule has 1 aromatic carbocycles. The second-order valence-corrected chi connectivity index (χ2v) is 6.55. The van der Waals surface area contributed by atoms with Crippen LogP contribution >= 0.6 is 0 Å². The van der Waals surface area contributed by atoms with Gasteiger partial charge in [-0.3, -0.25) is 5.10 Å². The molecule has 0 fully saturated rings. The summed E-state index contributed by atoms with van der Waals surface area (Å²) in [5, 5.41) is 16.7. The number of nitrogens with zero attached hydrogens (tertiary/aromatic N) is 2. The third-order valence-corrected chi connectivity index (χ3v) is 3.87. The quantitative estimate of drug-likeness (QED) is 0.847. The molecule has 23 heavy (non-hydrogen) atoms. The maximum absolute atomic E-state index is 13.7. The van der Waals surface area contributed by atoms with Crippen LogP contribution in [-0.4, -0.2) is 10.2 Å². The van der Waals surface area contributed by atoms with Crippen molar-refractivity contribution >= 4 is 0 Å². The number of benzene rings is 1. The summed E-state index contributed by atoms with van der Waals surface area (Å²) in [7, 11) is 0. The van der Waals surface area contributed by atoms with Crippen LogP contribution in [0.4, 0.5) is 4.39 Å². The topological polar surface area (TPSA) is 87.7 Å². The first-order chi connectivity index (χ1) is 10.8. The van der Waals surface area contributed by atoms with Crippen LogP contribution in [0.5, 0.6) is 5.88 Å². The summed E-state index contributed by atoms with van der Waals surface area (Å²) < 4.78 is 19.2. The van der Waals surface area contributed by atoms with Gasteiger partial charge in [-0.2, -0.15) is 5.26 Å². The van der Waals surface area contributed by atoms with Gasteiger partial charge in [0.05, 0.1) is 11.5 Å². The predicted molar refractivity (Wildman–Crippen MR) is 83.0 cm³/mol. The smallest absolute Gasteiger partial charge is 0.244 e. The van der Waals surface area contributed by atoms with Crippen molar-refractivity contribution < 1.29 is 9.13 Å². The van der Waals surface area contributed by atoms with E-state index >= 15 is 0 Å². The Labute approximate surface area is 133 Å². The number of nitrogens with two attached hydrogens (primary N) is 1. The van der Waals surface area contributed by atoms with Gasteiger partial charge in [0.25, 0.3) is 0 Å². The summed E-state index contributed by atoms with van der Waals surface area (Å²) in [6, 6.07) is 8.25. The van der Waals surface area contributed by atoms with Gasteiger partial charge in [0.15, 0.2) is 0 Å². The van der Waals surface area contributed by atoms with Crippen molar-refractivity contribution in [3.63, 3.8) is 0 Å². The summed E-state index contributed by atoms with van der Waals surface area (Å²) in [6.45, 7) is 6.07. The maximum Gasteiger partial charge on any atom is 0.244 e. The molecule has 1 aliphatic rings. The third kappa shape index (κ3) is 2.44. The van der Waals surface area contributed by atoms with Crippen molar-refractivity contribution in [2.75, 3.05) is 0 Å². The summed E-state index contributed by atoms with van der Waals surface area (Å²) in [5.74, 6) is -0.540. The molecular formula is C17H17FN4O. The number of fused-ring (bicyclic) bond motifs is 1. The van der Waals surface area contributed by atoms with Gasteiger partial charge >= 0.3 is 0 Å². The first kappa shape index (κ1) is 15.1. The summed E-state index contributed by atoms with van der Waals surface area (Å²) in [5.41, 5.74) is 8.09. The minimum absolute atomic E-state index is 0.00113. The zero-order chi connectivity index (χ0) is 16.8. The monoisotopic (exact) mass is 312 g/mol. The van der Waals surface area contributed by atoms with Crippen LogP contribution in [0.2, 0.25) is 0 Å². The van der Waals surface area contributed by atoms with E-state index < -0.39 is 5.92 Å². The number of aromatic nitrogens is 2. The van der Waals surface area contributed by atoms with Crippen molar-refractivity contribution in [2.45, 2.75) is 32.1 Å². The first-order valence-electron chi connectivity index (χ1n) is 7.24. The summed E-state index contributed by atoms with van der Waals surface area (Å²) in [4.78, 5) is 0. The van der Waals surface area contributed by atoms with Gasteiger partial charge in [-0.25, -0.2) is 4.39 Å². The summed E-state index contributed by atoms with van der Waals surface area (Å²) in [6.07, 6.45) is 0. The highest BCUT2D eigenvalue weighted by molar-refractivity contribution is 5.56. The Kier molecular flexibility index (Phi) is 3.37. The number of nitrogens with one attached hydrogen (secondary N) is 1. The number of rotatable bonds is 1. The lowest BCUT2D eigenvalue weighted by Gasteiger charge is -2.27. The first-order valence-corrected chi connectivity index (χ1v) is 7.24. The molecule has 0 spiro atoms. The van der Waals surface area contributed by atoms with E-state index in [1.54, 1.807) is 12.1 Å². The maximum atomic E-state index is 13.7. The lowest BCUT2D eigenvalue weighted by molar-refractivity contribution is 0.378. The molecule has 2 heterocycles. The van der Waals surface area contributed by atoms with Gasteiger partial charge < -0.3 is 10.5 Å². The fourth-order valence-electron chi connectivity index (χ4n) is 2.84. The molecule has 0 amide bonds. The lowest BCUT2D eigenvalue weighted by atomic mass is 9.79. The molecule has 1 aliphatic heterocycles. The second-order valence-electron chi connectivity index (χ2n) is 6.55. The molecule has 0 aliphatic carbocycles. The molecule has 5 nitrogen and oxygen atoms in total. The molecule has 0 radical (unpaired) electrons. The fourth-order valence-corrected chi connectivity index (χ4v) is 2.84. The van der Waals surface area contributed by atoms with Crippen molar-refractivity contribution in [1.82, 2.24) is 10.2 Å². The van der Waals surface area contributed by atoms with Crippen molar-refractivity contribution in [3.8, 4) is 11.9 Å². The predicted octanol–water partition coefficient (Wildman–Crippen LogP) is 3.06. The van der Waals surface area contributed by atoms with Crippen molar-refractivity contribution in [3.05, 3.63) is 58.4 Å². The number of allylic oxidation sites excluding steroid dienone is 1. The van der Waals surface area contributed by atoms with Crippen LogP contribution in [0.1, 0.15) is 43.5 Å². The van der Waals surface area contributed by atoms with E-state index in [4.69, 9.17) is 10.5 Å². The van der Waals surface area contributed by atoms with Crippen LogP contribution in [0.3, 0.4) is 0 Å².